The Kier molecular flexibility index (Phi) is 7.12. The summed E-state index contributed by atoms with van der Waals surface area (Å²) in [6, 6.07) is 12.4. The molecule has 166 valence electrons. The Morgan fingerprint density at radius 3 is 2.35 bits per heavy atom. The average Bonchev–Trinajstić information content (AvgIpc) is 2.73. The summed E-state index contributed by atoms with van der Waals surface area (Å²) in [5, 5.41) is 12.0. The zero-order chi connectivity index (χ0) is 22.6. The van der Waals surface area contributed by atoms with E-state index in [0.29, 0.717) is 24.6 Å². The van der Waals surface area contributed by atoms with Crippen molar-refractivity contribution in [2.75, 3.05) is 13.1 Å². The minimum atomic E-state index is -3.60. The molecule has 2 N–H and O–H groups in total. The molecule has 31 heavy (non-hydrogen) atoms. The van der Waals surface area contributed by atoms with Crippen molar-refractivity contribution in [2.45, 2.75) is 44.0 Å². The Morgan fingerprint density at radius 2 is 1.77 bits per heavy atom. The van der Waals surface area contributed by atoms with Gasteiger partial charge >= 0.3 is 5.97 Å². The number of sulfonamides is 1. The lowest BCUT2D eigenvalue weighted by Crippen LogP contribution is -2.39. The summed E-state index contributed by atoms with van der Waals surface area (Å²) in [6.07, 6.45) is 1.60. The number of carbonyl (C=O) groups is 2. The van der Waals surface area contributed by atoms with Crippen LogP contribution >= 0.6 is 0 Å². The molecule has 0 spiro atoms. The van der Waals surface area contributed by atoms with Crippen LogP contribution in [0.25, 0.3) is 0 Å². The van der Waals surface area contributed by atoms with Gasteiger partial charge in [0.15, 0.2) is 0 Å². The Bertz CT molecular complexity index is 1030. The van der Waals surface area contributed by atoms with Gasteiger partial charge in [-0.2, -0.15) is 4.31 Å². The van der Waals surface area contributed by atoms with E-state index in [4.69, 9.17) is 0 Å². The third kappa shape index (κ3) is 5.71. The Hall–Kier alpha value is -2.71. The fourth-order valence-corrected chi connectivity index (χ4v) is 5.36. The average molecular weight is 445 g/mol. The predicted octanol–water partition coefficient (Wildman–Crippen LogP) is 3.36. The van der Waals surface area contributed by atoms with Crippen molar-refractivity contribution in [3.05, 3.63) is 65.2 Å². The summed E-state index contributed by atoms with van der Waals surface area (Å²) in [7, 11) is -3.60. The number of piperidine rings is 1. The van der Waals surface area contributed by atoms with Crippen molar-refractivity contribution in [3.63, 3.8) is 0 Å². The fourth-order valence-electron chi connectivity index (χ4n) is 3.76. The van der Waals surface area contributed by atoms with E-state index in [1.807, 2.05) is 26.0 Å². The first-order chi connectivity index (χ1) is 14.7. The summed E-state index contributed by atoms with van der Waals surface area (Å²) in [5.74, 6) is -1.16. The number of aryl methyl sites for hydroxylation is 1. The quantitative estimate of drug-likeness (QED) is 0.682. The maximum Gasteiger partial charge on any atom is 0.305 e. The monoisotopic (exact) mass is 444 g/mol. The first-order valence-corrected chi connectivity index (χ1v) is 11.8. The van der Waals surface area contributed by atoms with Crippen LogP contribution in [0.3, 0.4) is 0 Å². The second kappa shape index (κ2) is 9.62. The number of benzene rings is 2. The fraction of sp³-hybridized carbons (Fsp3) is 0.391. The van der Waals surface area contributed by atoms with Crippen molar-refractivity contribution in [1.29, 1.82) is 0 Å². The first-order valence-electron chi connectivity index (χ1n) is 10.4. The molecule has 0 aromatic heterocycles. The predicted molar refractivity (Wildman–Crippen MR) is 117 cm³/mol. The summed E-state index contributed by atoms with van der Waals surface area (Å²) in [5.41, 5.74) is 2.00. The highest BCUT2D eigenvalue weighted by atomic mass is 32.2. The minimum absolute atomic E-state index is 0.152. The zero-order valence-corrected chi connectivity index (χ0v) is 18.6. The van der Waals surface area contributed by atoms with Gasteiger partial charge in [0, 0.05) is 18.7 Å². The van der Waals surface area contributed by atoms with E-state index in [9.17, 15) is 23.1 Å². The van der Waals surface area contributed by atoms with E-state index in [2.05, 4.69) is 5.32 Å². The third-order valence-electron chi connectivity index (χ3n) is 5.54. The van der Waals surface area contributed by atoms with Crippen LogP contribution in [0, 0.1) is 12.8 Å². The van der Waals surface area contributed by atoms with Gasteiger partial charge < -0.3 is 10.4 Å². The van der Waals surface area contributed by atoms with Crippen LogP contribution in [0.5, 0.6) is 0 Å². The van der Waals surface area contributed by atoms with E-state index < -0.39 is 27.9 Å². The lowest BCUT2D eigenvalue weighted by atomic mass is 10.0. The van der Waals surface area contributed by atoms with Crippen molar-refractivity contribution in [2.24, 2.45) is 5.92 Å². The summed E-state index contributed by atoms with van der Waals surface area (Å²) >= 11 is 0. The number of amides is 1. The van der Waals surface area contributed by atoms with Gasteiger partial charge in [-0.3, -0.25) is 9.59 Å². The SMILES string of the molecule is Cc1ccc([C@@H](CC(=O)O)NC(=O)c2ccc(S(=O)(=O)N3CCC[C@@H](C)C3)cc2)cc1. The molecule has 2 atom stereocenters. The molecular weight excluding hydrogens is 416 g/mol. The molecule has 1 saturated heterocycles. The van der Waals surface area contributed by atoms with Crippen LogP contribution in [-0.2, 0) is 14.8 Å². The van der Waals surface area contributed by atoms with Crippen LogP contribution in [0.1, 0.15) is 53.7 Å². The molecule has 8 heteroatoms. The number of carbonyl (C=O) groups excluding carboxylic acids is 1. The summed E-state index contributed by atoms with van der Waals surface area (Å²) in [4.78, 5) is 24.1. The maximum atomic E-state index is 12.9. The number of nitrogens with one attached hydrogen (secondary N) is 1. The molecule has 1 aliphatic rings. The van der Waals surface area contributed by atoms with E-state index >= 15 is 0 Å². The van der Waals surface area contributed by atoms with E-state index in [0.717, 1.165) is 18.4 Å². The Morgan fingerprint density at radius 1 is 1.13 bits per heavy atom. The molecule has 1 fully saturated rings. The van der Waals surface area contributed by atoms with Crippen molar-refractivity contribution >= 4 is 21.9 Å². The maximum absolute atomic E-state index is 12.9. The van der Waals surface area contributed by atoms with Gasteiger partial charge in [-0.25, -0.2) is 8.42 Å². The van der Waals surface area contributed by atoms with Crippen LogP contribution in [0.15, 0.2) is 53.4 Å². The van der Waals surface area contributed by atoms with Crippen molar-refractivity contribution in [3.8, 4) is 0 Å². The molecule has 0 radical (unpaired) electrons. The van der Waals surface area contributed by atoms with Crippen LogP contribution in [-0.4, -0.2) is 42.8 Å². The largest absolute Gasteiger partial charge is 0.481 e. The number of rotatable bonds is 7. The summed E-state index contributed by atoms with van der Waals surface area (Å²) < 4.78 is 27.3. The molecule has 0 saturated carbocycles. The molecular formula is C23H28N2O5S. The van der Waals surface area contributed by atoms with Gasteiger partial charge in [0.25, 0.3) is 5.91 Å². The highest BCUT2D eigenvalue weighted by Crippen LogP contribution is 2.24. The number of nitrogens with zero attached hydrogens (tertiary/aromatic N) is 1. The standard InChI is InChI=1S/C23H28N2O5S/c1-16-5-7-18(8-6-16)21(14-22(26)27)24-23(28)19-9-11-20(12-10-19)31(29,30)25-13-3-4-17(2)15-25/h5-12,17,21H,3-4,13-15H2,1-2H3,(H,24,28)(H,26,27)/t17-,21-/m1/s1. The normalized spacial score (nSPS) is 18.3. The number of carboxylic acids is 1. The lowest BCUT2D eigenvalue weighted by Gasteiger charge is -2.30. The molecule has 1 aliphatic heterocycles. The van der Waals surface area contributed by atoms with E-state index in [-0.39, 0.29) is 16.9 Å². The van der Waals surface area contributed by atoms with Gasteiger partial charge in [-0.1, -0.05) is 36.8 Å². The number of hydrogen-bond donors (Lipinski definition) is 2. The second-order valence-electron chi connectivity index (χ2n) is 8.17. The molecule has 7 nitrogen and oxygen atoms in total. The molecule has 3 rings (SSSR count). The number of carboxylic acid groups (broad SMARTS) is 1. The topological polar surface area (TPSA) is 104 Å². The van der Waals surface area contributed by atoms with Gasteiger partial charge in [-0.15, -0.1) is 0 Å². The van der Waals surface area contributed by atoms with Gasteiger partial charge in [0.1, 0.15) is 0 Å². The highest BCUT2D eigenvalue weighted by molar-refractivity contribution is 7.89. The third-order valence-corrected chi connectivity index (χ3v) is 7.42. The van der Waals surface area contributed by atoms with Gasteiger partial charge in [-0.05, 0) is 55.5 Å². The van der Waals surface area contributed by atoms with Gasteiger partial charge in [0.2, 0.25) is 10.0 Å². The molecule has 0 aliphatic carbocycles. The van der Waals surface area contributed by atoms with Crippen LogP contribution < -0.4 is 5.32 Å². The molecule has 1 heterocycles. The summed E-state index contributed by atoms with van der Waals surface area (Å²) in [6.45, 7) is 4.96. The van der Waals surface area contributed by atoms with E-state index in [1.54, 1.807) is 12.1 Å². The van der Waals surface area contributed by atoms with Crippen LogP contribution in [0.4, 0.5) is 0 Å². The zero-order valence-electron chi connectivity index (χ0n) is 17.7. The first kappa shape index (κ1) is 23.0. The number of aliphatic carboxylic acids is 1. The second-order valence-corrected chi connectivity index (χ2v) is 10.1. The van der Waals surface area contributed by atoms with Crippen molar-refractivity contribution in [1.82, 2.24) is 9.62 Å². The number of hydrogen-bond acceptors (Lipinski definition) is 4. The Balaban J connectivity index is 1.75. The minimum Gasteiger partial charge on any atom is -0.481 e. The molecule has 1 amide bonds. The lowest BCUT2D eigenvalue weighted by molar-refractivity contribution is -0.137. The van der Waals surface area contributed by atoms with Gasteiger partial charge in [0.05, 0.1) is 17.4 Å². The van der Waals surface area contributed by atoms with E-state index in [1.165, 1.54) is 28.6 Å². The van der Waals surface area contributed by atoms with Crippen molar-refractivity contribution < 1.29 is 23.1 Å². The van der Waals surface area contributed by atoms with Crippen LogP contribution in [0.2, 0.25) is 0 Å². The molecule has 2 aromatic carbocycles. The smallest absolute Gasteiger partial charge is 0.305 e. The Labute approximate surface area is 183 Å². The molecule has 0 bridgehead atoms. The highest BCUT2D eigenvalue weighted by Gasteiger charge is 2.28. The molecule has 2 aromatic rings. The molecule has 0 unspecified atom stereocenters.